The van der Waals surface area contributed by atoms with Crippen molar-refractivity contribution in [2.24, 2.45) is 5.41 Å². The third-order valence-electron chi connectivity index (χ3n) is 3.67. The Morgan fingerprint density at radius 3 is 2.88 bits per heavy atom. The molecular weight excluding hydrogens is 230 g/mol. The van der Waals surface area contributed by atoms with E-state index in [1.54, 1.807) is 11.3 Å². The highest BCUT2D eigenvalue weighted by atomic mass is 32.1. The SMILES string of the molecule is OCC1(CNCc2csc3ccccc23)CC1. The Balaban J connectivity index is 1.65. The molecule has 90 valence electrons. The van der Waals surface area contributed by atoms with Gasteiger partial charge in [-0.1, -0.05) is 18.2 Å². The first-order valence-corrected chi connectivity index (χ1v) is 6.98. The quantitative estimate of drug-likeness (QED) is 0.851. The van der Waals surface area contributed by atoms with Crippen LogP contribution < -0.4 is 5.32 Å². The van der Waals surface area contributed by atoms with E-state index >= 15 is 0 Å². The highest BCUT2D eigenvalue weighted by molar-refractivity contribution is 7.17. The average molecular weight is 247 g/mol. The number of fused-ring (bicyclic) bond motifs is 1. The molecule has 0 atom stereocenters. The van der Waals surface area contributed by atoms with Gasteiger partial charge in [-0.05, 0) is 35.2 Å². The predicted octanol–water partition coefficient (Wildman–Crippen LogP) is 2.76. The highest BCUT2D eigenvalue weighted by Crippen LogP contribution is 2.44. The number of aliphatic hydroxyl groups is 1. The molecule has 2 aromatic rings. The number of aliphatic hydroxyl groups excluding tert-OH is 1. The molecule has 0 spiro atoms. The van der Waals surface area contributed by atoms with Gasteiger partial charge in [-0.25, -0.2) is 0 Å². The molecule has 0 aliphatic heterocycles. The monoisotopic (exact) mass is 247 g/mol. The maximum atomic E-state index is 9.25. The zero-order valence-electron chi connectivity index (χ0n) is 9.78. The van der Waals surface area contributed by atoms with Crippen LogP contribution in [0, 0.1) is 5.41 Å². The Bertz CT molecular complexity index is 516. The molecule has 2 nitrogen and oxygen atoms in total. The van der Waals surface area contributed by atoms with E-state index in [9.17, 15) is 5.11 Å². The number of rotatable bonds is 5. The van der Waals surface area contributed by atoms with Gasteiger partial charge in [0.1, 0.15) is 0 Å². The number of hydrogen-bond acceptors (Lipinski definition) is 3. The number of nitrogens with one attached hydrogen (secondary N) is 1. The van der Waals surface area contributed by atoms with Crippen LogP contribution in [0.15, 0.2) is 29.6 Å². The third-order valence-corrected chi connectivity index (χ3v) is 4.68. The summed E-state index contributed by atoms with van der Waals surface area (Å²) in [4.78, 5) is 0. The Labute approximate surface area is 105 Å². The van der Waals surface area contributed by atoms with Gasteiger partial charge in [0.25, 0.3) is 0 Å². The second-order valence-corrected chi connectivity index (χ2v) is 5.93. The summed E-state index contributed by atoms with van der Waals surface area (Å²) < 4.78 is 1.35. The third kappa shape index (κ3) is 2.23. The molecular formula is C14H17NOS. The van der Waals surface area contributed by atoms with E-state index in [1.807, 2.05) is 0 Å². The average Bonchev–Trinajstić information content (AvgIpc) is 3.04. The van der Waals surface area contributed by atoms with Crippen molar-refractivity contribution in [2.45, 2.75) is 19.4 Å². The van der Waals surface area contributed by atoms with E-state index in [2.05, 4.69) is 35.0 Å². The van der Waals surface area contributed by atoms with Crippen molar-refractivity contribution in [3.05, 3.63) is 35.2 Å². The van der Waals surface area contributed by atoms with Gasteiger partial charge in [0.2, 0.25) is 0 Å². The van der Waals surface area contributed by atoms with Crippen LogP contribution in [-0.2, 0) is 6.54 Å². The maximum absolute atomic E-state index is 9.25. The van der Waals surface area contributed by atoms with Crippen LogP contribution in [0.1, 0.15) is 18.4 Å². The molecule has 1 saturated carbocycles. The summed E-state index contributed by atoms with van der Waals surface area (Å²) in [5, 5.41) is 16.3. The van der Waals surface area contributed by atoms with Gasteiger partial charge < -0.3 is 10.4 Å². The van der Waals surface area contributed by atoms with Gasteiger partial charge in [0.15, 0.2) is 0 Å². The summed E-state index contributed by atoms with van der Waals surface area (Å²) in [6.07, 6.45) is 2.34. The molecule has 0 amide bonds. The van der Waals surface area contributed by atoms with Gasteiger partial charge in [0.05, 0.1) is 0 Å². The zero-order chi connectivity index (χ0) is 11.7. The van der Waals surface area contributed by atoms with E-state index in [4.69, 9.17) is 0 Å². The van der Waals surface area contributed by atoms with Crippen molar-refractivity contribution < 1.29 is 5.11 Å². The van der Waals surface area contributed by atoms with E-state index in [-0.39, 0.29) is 5.41 Å². The van der Waals surface area contributed by atoms with E-state index in [1.165, 1.54) is 28.5 Å². The molecule has 1 aliphatic rings. The smallest absolute Gasteiger partial charge is 0.0499 e. The zero-order valence-corrected chi connectivity index (χ0v) is 10.6. The first-order chi connectivity index (χ1) is 8.33. The summed E-state index contributed by atoms with van der Waals surface area (Å²) in [6.45, 7) is 2.17. The van der Waals surface area contributed by atoms with Gasteiger partial charge in [0, 0.05) is 29.8 Å². The fourth-order valence-corrected chi connectivity index (χ4v) is 3.16. The normalized spacial score (nSPS) is 17.5. The minimum Gasteiger partial charge on any atom is -0.396 e. The minimum atomic E-state index is 0.200. The Hall–Kier alpha value is -0.900. The van der Waals surface area contributed by atoms with E-state index in [0.717, 1.165) is 13.1 Å². The molecule has 1 heterocycles. The predicted molar refractivity (Wildman–Crippen MR) is 72.3 cm³/mol. The molecule has 3 rings (SSSR count). The lowest BCUT2D eigenvalue weighted by molar-refractivity contribution is 0.207. The van der Waals surface area contributed by atoms with Crippen LogP contribution in [0.2, 0.25) is 0 Å². The molecule has 0 unspecified atom stereocenters. The molecule has 1 aromatic carbocycles. The molecule has 3 heteroatoms. The number of hydrogen-bond donors (Lipinski definition) is 2. The molecule has 1 aromatic heterocycles. The molecule has 2 N–H and O–H groups in total. The summed E-state index contributed by atoms with van der Waals surface area (Å²) in [5.41, 5.74) is 1.57. The van der Waals surface area contributed by atoms with Crippen molar-refractivity contribution in [3.8, 4) is 0 Å². The Morgan fingerprint density at radius 1 is 1.29 bits per heavy atom. The van der Waals surface area contributed by atoms with Gasteiger partial charge in [-0.2, -0.15) is 0 Å². The lowest BCUT2D eigenvalue weighted by Gasteiger charge is -2.12. The largest absolute Gasteiger partial charge is 0.396 e. The summed E-state index contributed by atoms with van der Waals surface area (Å²) in [5.74, 6) is 0. The van der Waals surface area contributed by atoms with Gasteiger partial charge >= 0.3 is 0 Å². The summed E-state index contributed by atoms with van der Waals surface area (Å²) in [6, 6.07) is 8.52. The maximum Gasteiger partial charge on any atom is 0.0499 e. The Morgan fingerprint density at radius 2 is 2.12 bits per heavy atom. The molecule has 1 fully saturated rings. The molecule has 17 heavy (non-hydrogen) atoms. The van der Waals surface area contributed by atoms with E-state index in [0.29, 0.717) is 6.61 Å². The van der Waals surface area contributed by atoms with Crippen LogP contribution in [0.3, 0.4) is 0 Å². The fourth-order valence-electron chi connectivity index (χ4n) is 2.20. The molecule has 1 aliphatic carbocycles. The van der Waals surface area contributed by atoms with Crippen LogP contribution in [0.25, 0.3) is 10.1 Å². The lowest BCUT2D eigenvalue weighted by Crippen LogP contribution is -2.25. The van der Waals surface area contributed by atoms with Crippen LogP contribution in [0.5, 0.6) is 0 Å². The second-order valence-electron chi connectivity index (χ2n) is 5.02. The molecule has 0 bridgehead atoms. The second kappa shape index (κ2) is 4.41. The van der Waals surface area contributed by atoms with Crippen LogP contribution >= 0.6 is 11.3 Å². The Kier molecular flexibility index (Phi) is 2.90. The van der Waals surface area contributed by atoms with Gasteiger partial charge in [-0.15, -0.1) is 11.3 Å². The summed E-state index contributed by atoms with van der Waals surface area (Å²) in [7, 11) is 0. The van der Waals surface area contributed by atoms with Crippen LogP contribution in [0.4, 0.5) is 0 Å². The van der Waals surface area contributed by atoms with E-state index < -0.39 is 0 Å². The van der Waals surface area contributed by atoms with Crippen LogP contribution in [-0.4, -0.2) is 18.3 Å². The molecule has 0 saturated heterocycles. The van der Waals surface area contributed by atoms with Crippen molar-refractivity contribution in [1.82, 2.24) is 5.32 Å². The minimum absolute atomic E-state index is 0.200. The topological polar surface area (TPSA) is 32.3 Å². The van der Waals surface area contributed by atoms with Crippen molar-refractivity contribution in [2.75, 3.05) is 13.2 Å². The fraction of sp³-hybridized carbons (Fsp3) is 0.429. The first kappa shape index (κ1) is 11.2. The lowest BCUT2D eigenvalue weighted by atomic mass is 10.1. The van der Waals surface area contributed by atoms with Gasteiger partial charge in [-0.3, -0.25) is 0 Å². The van der Waals surface area contributed by atoms with Crippen molar-refractivity contribution in [1.29, 1.82) is 0 Å². The number of benzene rings is 1. The first-order valence-electron chi connectivity index (χ1n) is 6.10. The molecule has 0 radical (unpaired) electrons. The summed E-state index contributed by atoms with van der Waals surface area (Å²) >= 11 is 1.80. The van der Waals surface area contributed by atoms with Crippen molar-refractivity contribution in [3.63, 3.8) is 0 Å². The van der Waals surface area contributed by atoms with Crippen molar-refractivity contribution >= 4 is 21.4 Å². The standard InChI is InChI=1S/C14H17NOS/c16-10-14(5-6-14)9-15-7-11-8-17-13-4-2-1-3-12(11)13/h1-4,8,15-16H,5-7,9-10H2. The highest BCUT2D eigenvalue weighted by Gasteiger charge is 2.41. The number of thiophene rings is 1.